The van der Waals surface area contributed by atoms with Crippen LogP contribution >= 0.6 is 0 Å². The van der Waals surface area contributed by atoms with E-state index in [4.69, 9.17) is 14.5 Å². The Morgan fingerprint density at radius 2 is 1.93 bits per heavy atom. The van der Waals surface area contributed by atoms with Gasteiger partial charge in [-0.05, 0) is 49.6 Å². The molecule has 0 radical (unpaired) electrons. The van der Waals surface area contributed by atoms with E-state index in [2.05, 4.69) is 34.7 Å². The number of hydrogen-bond acceptors (Lipinski definition) is 4. The lowest BCUT2D eigenvalue weighted by Gasteiger charge is -2.38. The van der Waals surface area contributed by atoms with E-state index in [9.17, 15) is 0 Å². The van der Waals surface area contributed by atoms with Crippen molar-refractivity contribution in [3.05, 3.63) is 59.9 Å². The number of methoxy groups -OCH3 is 1. The molecule has 0 atom stereocenters. The van der Waals surface area contributed by atoms with E-state index in [-0.39, 0.29) is 5.41 Å². The predicted molar refractivity (Wildman–Crippen MR) is 112 cm³/mol. The zero-order valence-corrected chi connectivity index (χ0v) is 16.8. The molecule has 0 unspecified atom stereocenters. The molecule has 1 saturated heterocycles. The fourth-order valence-corrected chi connectivity index (χ4v) is 3.52. The van der Waals surface area contributed by atoms with Gasteiger partial charge in [-0.15, -0.1) is 0 Å². The summed E-state index contributed by atoms with van der Waals surface area (Å²) in [5.74, 6) is 1.69. The minimum Gasteiger partial charge on any atom is -0.497 e. The first kappa shape index (κ1) is 20.1. The molecule has 28 heavy (non-hydrogen) atoms. The number of rotatable bonds is 7. The van der Waals surface area contributed by atoms with Crippen LogP contribution in [-0.4, -0.2) is 44.4 Å². The van der Waals surface area contributed by atoms with Crippen LogP contribution in [-0.2, 0) is 16.7 Å². The van der Waals surface area contributed by atoms with Crippen molar-refractivity contribution in [2.75, 3.05) is 33.4 Å². The molecule has 3 rings (SSSR count). The zero-order valence-electron chi connectivity index (χ0n) is 16.8. The quantitative estimate of drug-likeness (QED) is 0.569. The van der Waals surface area contributed by atoms with Crippen LogP contribution < -0.4 is 15.4 Å². The van der Waals surface area contributed by atoms with Crippen LogP contribution in [0.5, 0.6) is 5.75 Å². The third-order valence-corrected chi connectivity index (χ3v) is 5.22. The standard InChI is InChI=1S/C22H30N4O2/c1-3-23-21(25-16-19-6-4-5-13-24-19)26-17-22(11-14-28-15-12-22)18-7-9-20(27-2)10-8-18/h4-10,13H,3,11-12,14-17H2,1-2H3,(H2,23,25,26). The van der Waals surface area contributed by atoms with Crippen LogP contribution in [0.3, 0.4) is 0 Å². The van der Waals surface area contributed by atoms with Gasteiger partial charge in [0.15, 0.2) is 5.96 Å². The van der Waals surface area contributed by atoms with Gasteiger partial charge in [-0.1, -0.05) is 18.2 Å². The molecule has 1 fully saturated rings. The van der Waals surface area contributed by atoms with Crippen LogP contribution in [0.4, 0.5) is 0 Å². The van der Waals surface area contributed by atoms with Crippen molar-refractivity contribution in [1.29, 1.82) is 0 Å². The Bertz CT molecular complexity index is 741. The summed E-state index contributed by atoms with van der Waals surface area (Å²) in [6.45, 7) is 5.79. The Hall–Kier alpha value is -2.60. The lowest BCUT2D eigenvalue weighted by molar-refractivity contribution is 0.0513. The fraction of sp³-hybridized carbons (Fsp3) is 0.455. The van der Waals surface area contributed by atoms with Crippen molar-refractivity contribution >= 4 is 5.96 Å². The number of nitrogens with zero attached hydrogens (tertiary/aromatic N) is 2. The third kappa shape index (κ3) is 5.23. The number of benzene rings is 1. The Balaban J connectivity index is 1.73. The Morgan fingerprint density at radius 3 is 2.57 bits per heavy atom. The summed E-state index contributed by atoms with van der Waals surface area (Å²) in [5, 5.41) is 6.89. The first-order valence-electron chi connectivity index (χ1n) is 9.90. The lowest BCUT2D eigenvalue weighted by atomic mass is 9.74. The number of aromatic nitrogens is 1. The van der Waals surface area contributed by atoms with Gasteiger partial charge in [0, 0.05) is 37.9 Å². The Morgan fingerprint density at radius 1 is 1.14 bits per heavy atom. The normalized spacial score (nSPS) is 16.4. The first-order valence-corrected chi connectivity index (χ1v) is 9.90. The van der Waals surface area contributed by atoms with Crippen molar-refractivity contribution in [2.24, 2.45) is 4.99 Å². The second-order valence-electron chi connectivity index (χ2n) is 6.99. The van der Waals surface area contributed by atoms with Crippen LogP contribution in [0, 0.1) is 0 Å². The van der Waals surface area contributed by atoms with Crippen molar-refractivity contribution in [3.8, 4) is 5.75 Å². The van der Waals surface area contributed by atoms with Gasteiger partial charge in [0.1, 0.15) is 5.75 Å². The first-order chi connectivity index (χ1) is 13.8. The molecule has 6 heteroatoms. The van der Waals surface area contributed by atoms with Crippen molar-refractivity contribution in [2.45, 2.75) is 31.7 Å². The highest BCUT2D eigenvalue weighted by atomic mass is 16.5. The molecule has 1 aromatic carbocycles. The number of pyridine rings is 1. The summed E-state index contributed by atoms with van der Waals surface area (Å²) in [6, 6.07) is 14.3. The van der Waals surface area contributed by atoms with E-state index >= 15 is 0 Å². The number of hydrogen-bond donors (Lipinski definition) is 2. The SMILES string of the molecule is CCNC(=NCc1ccccn1)NCC1(c2ccc(OC)cc2)CCOCC1. The monoisotopic (exact) mass is 382 g/mol. The molecule has 0 saturated carbocycles. The molecule has 150 valence electrons. The number of guanidine groups is 1. The van der Waals surface area contributed by atoms with Gasteiger partial charge < -0.3 is 20.1 Å². The summed E-state index contributed by atoms with van der Waals surface area (Å²) in [7, 11) is 1.70. The maximum atomic E-state index is 5.64. The average molecular weight is 383 g/mol. The molecule has 0 bridgehead atoms. The van der Waals surface area contributed by atoms with E-state index in [1.54, 1.807) is 13.3 Å². The molecule has 1 aliphatic rings. The number of aliphatic imine (C=N–C) groups is 1. The van der Waals surface area contributed by atoms with E-state index in [1.807, 2.05) is 30.3 Å². The minimum absolute atomic E-state index is 0.0196. The van der Waals surface area contributed by atoms with Gasteiger partial charge in [-0.3, -0.25) is 4.98 Å². The van der Waals surface area contributed by atoms with Crippen LogP contribution in [0.1, 0.15) is 31.0 Å². The number of nitrogens with one attached hydrogen (secondary N) is 2. The van der Waals surface area contributed by atoms with E-state index < -0.39 is 0 Å². The molecule has 0 amide bonds. The van der Waals surface area contributed by atoms with E-state index in [0.717, 1.165) is 56.5 Å². The highest BCUT2D eigenvalue weighted by molar-refractivity contribution is 5.79. The van der Waals surface area contributed by atoms with Crippen LogP contribution in [0.15, 0.2) is 53.7 Å². The summed E-state index contributed by atoms with van der Waals surface area (Å²) in [4.78, 5) is 9.05. The van der Waals surface area contributed by atoms with Crippen molar-refractivity contribution < 1.29 is 9.47 Å². The molecule has 0 spiro atoms. The van der Waals surface area contributed by atoms with Gasteiger partial charge in [-0.25, -0.2) is 4.99 Å². The maximum Gasteiger partial charge on any atom is 0.191 e. The molecule has 2 heterocycles. The summed E-state index contributed by atoms with van der Waals surface area (Å²) < 4.78 is 11.0. The lowest BCUT2D eigenvalue weighted by Crippen LogP contribution is -2.48. The largest absolute Gasteiger partial charge is 0.497 e. The Kier molecular flexibility index (Phi) is 7.25. The number of ether oxygens (including phenoxy) is 2. The summed E-state index contributed by atoms with van der Waals surface area (Å²) >= 11 is 0. The molecule has 2 aromatic rings. The fourth-order valence-electron chi connectivity index (χ4n) is 3.52. The molecule has 2 N–H and O–H groups in total. The van der Waals surface area contributed by atoms with E-state index in [0.29, 0.717) is 6.54 Å². The van der Waals surface area contributed by atoms with Gasteiger partial charge >= 0.3 is 0 Å². The minimum atomic E-state index is 0.0196. The topological polar surface area (TPSA) is 67.8 Å². The molecule has 1 aliphatic heterocycles. The summed E-state index contributed by atoms with van der Waals surface area (Å²) in [5.41, 5.74) is 2.28. The zero-order chi connectivity index (χ0) is 19.7. The predicted octanol–water partition coefficient (Wildman–Crippen LogP) is 2.89. The van der Waals surface area contributed by atoms with Gasteiger partial charge in [0.25, 0.3) is 0 Å². The van der Waals surface area contributed by atoms with Crippen LogP contribution in [0.2, 0.25) is 0 Å². The van der Waals surface area contributed by atoms with E-state index in [1.165, 1.54) is 5.56 Å². The highest BCUT2D eigenvalue weighted by Gasteiger charge is 2.34. The second kappa shape index (κ2) is 10.1. The maximum absolute atomic E-state index is 5.64. The molecule has 0 aliphatic carbocycles. The van der Waals surface area contributed by atoms with Gasteiger partial charge in [0.2, 0.25) is 0 Å². The average Bonchev–Trinajstić information content (AvgIpc) is 2.77. The van der Waals surface area contributed by atoms with Crippen molar-refractivity contribution in [1.82, 2.24) is 15.6 Å². The van der Waals surface area contributed by atoms with Crippen molar-refractivity contribution in [3.63, 3.8) is 0 Å². The molecule has 1 aromatic heterocycles. The van der Waals surface area contributed by atoms with Crippen LogP contribution in [0.25, 0.3) is 0 Å². The van der Waals surface area contributed by atoms with Gasteiger partial charge in [-0.2, -0.15) is 0 Å². The molecule has 6 nitrogen and oxygen atoms in total. The third-order valence-electron chi connectivity index (χ3n) is 5.22. The Labute approximate surface area is 167 Å². The second-order valence-corrected chi connectivity index (χ2v) is 6.99. The molecular formula is C22H30N4O2. The summed E-state index contributed by atoms with van der Waals surface area (Å²) in [6.07, 6.45) is 3.75. The smallest absolute Gasteiger partial charge is 0.191 e. The molecular weight excluding hydrogens is 352 g/mol. The van der Waals surface area contributed by atoms with Gasteiger partial charge in [0.05, 0.1) is 19.3 Å². The highest BCUT2D eigenvalue weighted by Crippen LogP contribution is 2.35.